The van der Waals surface area contributed by atoms with Crippen LogP contribution >= 0.6 is 0 Å². The van der Waals surface area contributed by atoms with E-state index in [1.54, 1.807) is 13.0 Å². The van der Waals surface area contributed by atoms with Gasteiger partial charge >= 0.3 is 5.97 Å². The highest BCUT2D eigenvalue weighted by atomic mass is 16.5. The number of hydrogen-bond donors (Lipinski definition) is 2. The number of esters is 1. The average molecular weight is 286 g/mol. The van der Waals surface area contributed by atoms with Crippen molar-refractivity contribution in [2.75, 3.05) is 24.2 Å². The van der Waals surface area contributed by atoms with Crippen molar-refractivity contribution in [3.8, 4) is 11.4 Å². The zero-order valence-corrected chi connectivity index (χ0v) is 11.9. The van der Waals surface area contributed by atoms with Gasteiger partial charge in [-0.15, -0.1) is 0 Å². The number of rotatable bonds is 6. The fourth-order valence-electron chi connectivity index (χ4n) is 1.80. The van der Waals surface area contributed by atoms with Gasteiger partial charge in [0.25, 0.3) is 0 Å². The second-order valence-corrected chi connectivity index (χ2v) is 4.35. The van der Waals surface area contributed by atoms with Gasteiger partial charge in [-0.2, -0.15) is 0 Å². The summed E-state index contributed by atoms with van der Waals surface area (Å²) in [5.41, 5.74) is 6.68. The molecule has 6 heteroatoms. The summed E-state index contributed by atoms with van der Waals surface area (Å²) in [5.74, 6) is 1.28. The summed E-state index contributed by atoms with van der Waals surface area (Å²) in [6.07, 6.45) is 0.276. The van der Waals surface area contributed by atoms with Crippen molar-refractivity contribution in [2.24, 2.45) is 0 Å². The van der Waals surface area contributed by atoms with Gasteiger partial charge in [0, 0.05) is 18.2 Å². The Hall–Kier alpha value is -2.63. The van der Waals surface area contributed by atoms with E-state index in [2.05, 4.69) is 15.3 Å². The molecule has 21 heavy (non-hydrogen) atoms. The van der Waals surface area contributed by atoms with Crippen LogP contribution in [0.1, 0.15) is 13.3 Å². The van der Waals surface area contributed by atoms with E-state index in [0.29, 0.717) is 30.6 Å². The van der Waals surface area contributed by atoms with E-state index in [4.69, 9.17) is 10.5 Å². The maximum absolute atomic E-state index is 11.3. The molecule has 1 aromatic heterocycles. The lowest BCUT2D eigenvalue weighted by atomic mass is 10.2. The smallest absolute Gasteiger partial charge is 0.307 e. The number of anilines is 2. The SMILES string of the molecule is CCOC(=O)CCNc1cc(N)nc(-c2ccccc2)n1. The second kappa shape index (κ2) is 7.23. The first-order chi connectivity index (χ1) is 10.2. The standard InChI is InChI=1S/C15H18N4O2/c1-2-21-14(20)8-9-17-13-10-12(16)18-15(19-13)11-6-4-3-5-7-11/h3-7,10H,2,8-9H2,1H3,(H3,16,17,18,19). The van der Waals surface area contributed by atoms with Crippen LogP contribution in [0.5, 0.6) is 0 Å². The molecule has 0 amide bonds. The Morgan fingerprint density at radius 2 is 2.05 bits per heavy atom. The van der Waals surface area contributed by atoms with Gasteiger partial charge in [-0.25, -0.2) is 9.97 Å². The van der Waals surface area contributed by atoms with E-state index >= 15 is 0 Å². The van der Waals surface area contributed by atoms with E-state index in [1.165, 1.54) is 0 Å². The molecule has 2 rings (SSSR count). The Balaban J connectivity index is 2.04. The number of nitrogens with zero attached hydrogens (tertiary/aromatic N) is 2. The van der Waals surface area contributed by atoms with Crippen molar-refractivity contribution >= 4 is 17.6 Å². The minimum absolute atomic E-state index is 0.240. The molecule has 0 fully saturated rings. The fourth-order valence-corrected chi connectivity index (χ4v) is 1.80. The molecule has 3 N–H and O–H groups in total. The predicted molar refractivity (Wildman–Crippen MR) is 81.6 cm³/mol. The van der Waals surface area contributed by atoms with Crippen molar-refractivity contribution in [1.29, 1.82) is 0 Å². The second-order valence-electron chi connectivity index (χ2n) is 4.35. The number of aromatic nitrogens is 2. The van der Waals surface area contributed by atoms with Crippen LogP contribution in [0.4, 0.5) is 11.6 Å². The number of nitrogen functional groups attached to an aromatic ring is 1. The van der Waals surface area contributed by atoms with E-state index in [9.17, 15) is 4.79 Å². The van der Waals surface area contributed by atoms with E-state index in [1.807, 2.05) is 30.3 Å². The van der Waals surface area contributed by atoms with Crippen molar-refractivity contribution in [2.45, 2.75) is 13.3 Å². The Morgan fingerprint density at radius 3 is 2.76 bits per heavy atom. The molecule has 2 aromatic rings. The van der Waals surface area contributed by atoms with Gasteiger partial charge in [0.2, 0.25) is 0 Å². The number of hydrogen-bond acceptors (Lipinski definition) is 6. The molecule has 0 bridgehead atoms. The van der Waals surface area contributed by atoms with Crippen LogP contribution in [0.15, 0.2) is 36.4 Å². The van der Waals surface area contributed by atoms with Crippen LogP contribution in [-0.4, -0.2) is 29.1 Å². The lowest BCUT2D eigenvalue weighted by Gasteiger charge is -2.08. The quantitative estimate of drug-likeness (QED) is 0.790. The molecule has 0 atom stereocenters. The predicted octanol–water partition coefficient (Wildman–Crippen LogP) is 2.09. The maximum Gasteiger partial charge on any atom is 0.307 e. The third kappa shape index (κ3) is 4.45. The zero-order valence-electron chi connectivity index (χ0n) is 11.9. The van der Waals surface area contributed by atoms with Gasteiger partial charge in [0.05, 0.1) is 13.0 Å². The minimum Gasteiger partial charge on any atom is -0.466 e. The molecule has 1 aromatic carbocycles. The summed E-state index contributed by atoms with van der Waals surface area (Å²) in [6, 6.07) is 11.2. The van der Waals surface area contributed by atoms with Crippen LogP contribution in [0.3, 0.4) is 0 Å². The molecule has 0 spiro atoms. The highest BCUT2D eigenvalue weighted by Crippen LogP contribution is 2.18. The number of benzene rings is 1. The Morgan fingerprint density at radius 1 is 1.29 bits per heavy atom. The summed E-state index contributed by atoms with van der Waals surface area (Å²) in [7, 11) is 0. The zero-order chi connectivity index (χ0) is 15.1. The van der Waals surface area contributed by atoms with E-state index in [0.717, 1.165) is 5.56 Å². The van der Waals surface area contributed by atoms with Crippen LogP contribution in [-0.2, 0) is 9.53 Å². The summed E-state index contributed by atoms with van der Waals surface area (Å²) in [4.78, 5) is 19.9. The highest BCUT2D eigenvalue weighted by molar-refractivity contribution is 5.70. The van der Waals surface area contributed by atoms with Gasteiger partial charge < -0.3 is 15.8 Å². The van der Waals surface area contributed by atoms with Gasteiger partial charge in [-0.1, -0.05) is 30.3 Å². The molecular formula is C15H18N4O2. The summed E-state index contributed by atoms with van der Waals surface area (Å²) >= 11 is 0. The number of carbonyl (C=O) groups is 1. The number of ether oxygens (including phenoxy) is 1. The molecule has 0 aliphatic carbocycles. The summed E-state index contributed by atoms with van der Waals surface area (Å²) in [5, 5.41) is 3.05. The monoisotopic (exact) mass is 286 g/mol. The van der Waals surface area contributed by atoms with E-state index in [-0.39, 0.29) is 12.4 Å². The Bertz CT molecular complexity index is 602. The number of carbonyl (C=O) groups excluding carboxylic acids is 1. The molecule has 0 aliphatic rings. The van der Waals surface area contributed by atoms with Gasteiger partial charge in [-0.05, 0) is 6.92 Å². The van der Waals surface area contributed by atoms with Crippen molar-refractivity contribution in [3.63, 3.8) is 0 Å². The first-order valence-electron chi connectivity index (χ1n) is 6.78. The van der Waals surface area contributed by atoms with Crippen LogP contribution in [0.2, 0.25) is 0 Å². The lowest BCUT2D eigenvalue weighted by molar-refractivity contribution is -0.142. The highest BCUT2D eigenvalue weighted by Gasteiger charge is 2.06. The minimum atomic E-state index is -0.240. The Labute approximate surface area is 123 Å². The van der Waals surface area contributed by atoms with Gasteiger partial charge in [0.15, 0.2) is 5.82 Å². The van der Waals surface area contributed by atoms with Gasteiger partial charge in [-0.3, -0.25) is 4.79 Å². The van der Waals surface area contributed by atoms with Crippen LogP contribution in [0, 0.1) is 0 Å². The molecule has 0 saturated carbocycles. The molecule has 0 radical (unpaired) electrons. The van der Waals surface area contributed by atoms with Gasteiger partial charge in [0.1, 0.15) is 11.6 Å². The molecule has 0 aliphatic heterocycles. The van der Waals surface area contributed by atoms with E-state index < -0.39 is 0 Å². The molecule has 1 heterocycles. The van der Waals surface area contributed by atoms with Crippen LogP contribution < -0.4 is 11.1 Å². The third-order valence-corrected chi connectivity index (χ3v) is 2.72. The number of nitrogens with two attached hydrogens (primary N) is 1. The normalized spacial score (nSPS) is 10.1. The maximum atomic E-state index is 11.3. The van der Waals surface area contributed by atoms with Crippen LogP contribution in [0.25, 0.3) is 11.4 Å². The largest absolute Gasteiger partial charge is 0.466 e. The fraction of sp³-hybridized carbons (Fsp3) is 0.267. The molecule has 0 saturated heterocycles. The first-order valence-corrected chi connectivity index (χ1v) is 6.78. The summed E-state index contributed by atoms with van der Waals surface area (Å²) < 4.78 is 4.86. The number of nitrogens with one attached hydrogen (secondary N) is 1. The van der Waals surface area contributed by atoms with Crippen molar-refractivity contribution < 1.29 is 9.53 Å². The molecule has 110 valence electrons. The lowest BCUT2D eigenvalue weighted by Crippen LogP contribution is -2.12. The third-order valence-electron chi connectivity index (χ3n) is 2.72. The van der Waals surface area contributed by atoms with Crippen molar-refractivity contribution in [3.05, 3.63) is 36.4 Å². The van der Waals surface area contributed by atoms with Crippen molar-refractivity contribution in [1.82, 2.24) is 9.97 Å². The average Bonchev–Trinajstić information content (AvgIpc) is 2.48. The molecular weight excluding hydrogens is 268 g/mol. The Kier molecular flexibility index (Phi) is 5.09. The summed E-state index contributed by atoms with van der Waals surface area (Å²) in [6.45, 7) is 2.60. The first kappa shape index (κ1) is 14.8. The topological polar surface area (TPSA) is 90.1 Å². The molecule has 0 unspecified atom stereocenters. The molecule has 6 nitrogen and oxygen atoms in total.